The number of ether oxygens (including phenoxy) is 2. The van der Waals surface area contributed by atoms with Crippen LogP contribution in [0.25, 0.3) is 10.8 Å². The lowest BCUT2D eigenvalue weighted by Gasteiger charge is -2.28. The van der Waals surface area contributed by atoms with Gasteiger partial charge in [-0.3, -0.25) is 19.3 Å². The van der Waals surface area contributed by atoms with Gasteiger partial charge in [-0.15, -0.1) is 0 Å². The topological polar surface area (TPSA) is 166 Å². The molecule has 0 bridgehead atoms. The van der Waals surface area contributed by atoms with Gasteiger partial charge in [-0.05, 0) is 58.1 Å². The van der Waals surface area contributed by atoms with E-state index in [1.165, 1.54) is 4.90 Å². The van der Waals surface area contributed by atoms with E-state index in [1.54, 1.807) is 12.1 Å². The number of anilines is 1. The number of unbranched alkanes of at least 4 members (excludes halogenated alkanes) is 2. The number of nitrogens with zero attached hydrogens (tertiary/aromatic N) is 2. The number of esters is 2. The molecule has 0 radical (unpaired) electrons. The summed E-state index contributed by atoms with van der Waals surface area (Å²) in [7, 11) is 4.04. The molecule has 0 fully saturated rings. The quantitative estimate of drug-likeness (QED) is 0.150. The molecule has 2 heterocycles. The van der Waals surface area contributed by atoms with Crippen LogP contribution < -0.4 is 5.32 Å². The van der Waals surface area contributed by atoms with E-state index in [4.69, 9.17) is 4.74 Å². The van der Waals surface area contributed by atoms with E-state index in [2.05, 4.69) is 15.0 Å². The molecular formula is C29H35N3O9. The summed E-state index contributed by atoms with van der Waals surface area (Å²) < 4.78 is 9.59. The van der Waals surface area contributed by atoms with Gasteiger partial charge in [0.1, 0.15) is 12.7 Å². The number of nitrogens with one attached hydrogen (secondary N) is 1. The molecule has 4 N–H and O–H groups in total. The van der Waals surface area contributed by atoms with E-state index in [0.717, 1.165) is 30.6 Å². The third-order valence-electron chi connectivity index (χ3n) is 7.06. The summed E-state index contributed by atoms with van der Waals surface area (Å²) in [5.74, 6) is -4.27. The fourth-order valence-corrected chi connectivity index (χ4v) is 4.90. The van der Waals surface area contributed by atoms with Crippen molar-refractivity contribution in [1.82, 2.24) is 9.80 Å². The van der Waals surface area contributed by atoms with Crippen LogP contribution in [0.3, 0.4) is 0 Å². The lowest BCUT2D eigenvalue weighted by atomic mass is 9.92. The number of carbonyl (C=O) groups is 4. The highest BCUT2D eigenvalue weighted by Crippen LogP contribution is 2.34. The van der Waals surface area contributed by atoms with Crippen LogP contribution >= 0.6 is 0 Å². The second-order valence-corrected chi connectivity index (χ2v) is 10.4. The maximum atomic E-state index is 13.3. The standard InChI is InChI=1S/C29H35N3O9/c1-31(2)14-7-13-30-20-12-11-19-23-17(20)8-6-9-18(23)27(37)32(28(19)38)15-5-3-4-10-22(34)40-16-21(33)26-24(35)25(36)29(39)41-26/h6,8-9,11-12,21,26,30,33,35-36H,3-5,7,10,13-16H2,1-2H3. The van der Waals surface area contributed by atoms with Crippen LogP contribution in [0.4, 0.5) is 5.69 Å². The first-order valence-electron chi connectivity index (χ1n) is 13.6. The Labute approximate surface area is 237 Å². The number of carbonyl (C=O) groups excluding carboxylic acids is 4. The number of imide groups is 1. The molecule has 220 valence electrons. The van der Waals surface area contributed by atoms with Crippen LogP contribution in [-0.2, 0) is 19.1 Å². The van der Waals surface area contributed by atoms with Crippen LogP contribution in [0.2, 0.25) is 0 Å². The lowest BCUT2D eigenvalue weighted by molar-refractivity contribution is -0.154. The Morgan fingerprint density at radius 2 is 1.78 bits per heavy atom. The molecule has 41 heavy (non-hydrogen) atoms. The van der Waals surface area contributed by atoms with Crippen molar-refractivity contribution in [3.8, 4) is 0 Å². The number of cyclic esters (lactones) is 1. The predicted molar refractivity (Wildman–Crippen MR) is 149 cm³/mol. The highest BCUT2D eigenvalue weighted by molar-refractivity contribution is 6.26. The minimum atomic E-state index is -1.54. The summed E-state index contributed by atoms with van der Waals surface area (Å²) in [6.07, 6.45) is -0.609. The largest absolute Gasteiger partial charge is 0.505 e. The van der Waals surface area contributed by atoms with Gasteiger partial charge in [0.15, 0.2) is 11.9 Å². The van der Waals surface area contributed by atoms with E-state index in [1.807, 2.05) is 32.3 Å². The van der Waals surface area contributed by atoms with Crippen molar-refractivity contribution in [3.63, 3.8) is 0 Å². The van der Waals surface area contributed by atoms with Crippen molar-refractivity contribution in [2.24, 2.45) is 0 Å². The van der Waals surface area contributed by atoms with Crippen molar-refractivity contribution in [2.75, 3.05) is 45.7 Å². The molecule has 2 aliphatic rings. The molecule has 0 saturated carbocycles. The van der Waals surface area contributed by atoms with Crippen LogP contribution in [0, 0.1) is 0 Å². The monoisotopic (exact) mass is 569 g/mol. The first-order chi connectivity index (χ1) is 19.6. The molecule has 2 unspecified atom stereocenters. The molecule has 2 aromatic rings. The Morgan fingerprint density at radius 3 is 2.46 bits per heavy atom. The summed E-state index contributed by atoms with van der Waals surface area (Å²) >= 11 is 0. The molecule has 12 nitrogen and oxygen atoms in total. The van der Waals surface area contributed by atoms with E-state index in [0.29, 0.717) is 35.8 Å². The SMILES string of the molecule is CN(C)CCCNc1ccc2c3c(cccc13)C(=O)N(CCCCCC(=O)OCC(O)C1OC(=O)C(O)=C1O)C2=O. The Kier molecular flexibility index (Phi) is 9.46. The van der Waals surface area contributed by atoms with Gasteiger partial charge >= 0.3 is 11.9 Å². The fourth-order valence-electron chi connectivity index (χ4n) is 4.90. The smallest absolute Gasteiger partial charge is 0.377 e. The van der Waals surface area contributed by atoms with Crippen LogP contribution in [0.15, 0.2) is 41.9 Å². The number of hydrogen-bond donors (Lipinski definition) is 4. The van der Waals surface area contributed by atoms with Gasteiger partial charge < -0.3 is 35.0 Å². The maximum Gasteiger partial charge on any atom is 0.377 e. The summed E-state index contributed by atoms with van der Waals surface area (Å²) in [4.78, 5) is 53.1. The van der Waals surface area contributed by atoms with Gasteiger partial charge in [0, 0.05) is 47.1 Å². The molecule has 2 aliphatic heterocycles. The summed E-state index contributed by atoms with van der Waals surface area (Å²) in [6, 6.07) is 9.10. The lowest BCUT2D eigenvalue weighted by Crippen LogP contribution is -2.40. The zero-order chi connectivity index (χ0) is 29.7. The molecular weight excluding hydrogens is 534 g/mol. The Morgan fingerprint density at radius 1 is 1.05 bits per heavy atom. The average molecular weight is 570 g/mol. The second-order valence-electron chi connectivity index (χ2n) is 10.4. The number of aliphatic hydroxyl groups is 3. The fraction of sp³-hybridized carbons (Fsp3) is 0.448. The van der Waals surface area contributed by atoms with Crippen molar-refractivity contribution in [3.05, 3.63) is 53.0 Å². The van der Waals surface area contributed by atoms with Crippen LogP contribution in [-0.4, -0.2) is 101 Å². The summed E-state index contributed by atoms with van der Waals surface area (Å²) in [5, 5.41) is 33.8. The Bertz CT molecular complexity index is 1350. The van der Waals surface area contributed by atoms with E-state index in [-0.39, 0.29) is 24.8 Å². The molecule has 12 heteroatoms. The molecule has 0 aromatic heterocycles. The van der Waals surface area contributed by atoms with Gasteiger partial charge in [-0.2, -0.15) is 0 Å². The minimum absolute atomic E-state index is 0.0264. The Hall–Kier alpha value is -4.16. The Balaban J connectivity index is 1.25. The number of amides is 2. The minimum Gasteiger partial charge on any atom is -0.505 e. The highest BCUT2D eigenvalue weighted by Gasteiger charge is 2.39. The van der Waals surface area contributed by atoms with Gasteiger partial charge in [0.2, 0.25) is 5.76 Å². The second kappa shape index (κ2) is 13.0. The molecule has 0 aliphatic carbocycles. The number of hydrogen-bond acceptors (Lipinski definition) is 11. The number of benzene rings is 2. The van der Waals surface area contributed by atoms with E-state index in [9.17, 15) is 34.5 Å². The summed E-state index contributed by atoms with van der Waals surface area (Å²) in [5.41, 5.74) is 1.85. The van der Waals surface area contributed by atoms with Crippen molar-refractivity contribution in [2.45, 2.75) is 44.3 Å². The third-order valence-corrected chi connectivity index (χ3v) is 7.06. The molecule has 2 atom stereocenters. The molecule has 0 saturated heterocycles. The first-order valence-corrected chi connectivity index (χ1v) is 13.6. The highest BCUT2D eigenvalue weighted by atomic mass is 16.6. The van der Waals surface area contributed by atoms with Crippen molar-refractivity contribution >= 4 is 40.2 Å². The zero-order valence-corrected chi connectivity index (χ0v) is 23.1. The van der Waals surface area contributed by atoms with Crippen LogP contribution in [0.5, 0.6) is 0 Å². The van der Waals surface area contributed by atoms with Crippen molar-refractivity contribution < 1.29 is 44.0 Å². The van der Waals surface area contributed by atoms with Crippen molar-refractivity contribution in [1.29, 1.82) is 0 Å². The maximum absolute atomic E-state index is 13.3. The normalized spacial score (nSPS) is 17.4. The molecule has 4 rings (SSSR count). The third kappa shape index (κ3) is 6.60. The predicted octanol–water partition coefficient (Wildman–Crippen LogP) is 2.52. The van der Waals surface area contributed by atoms with Crippen LogP contribution in [0.1, 0.15) is 52.8 Å². The molecule has 2 aromatic carbocycles. The van der Waals surface area contributed by atoms with E-state index >= 15 is 0 Å². The number of rotatable bonds is 14. The first kappa shape index (κ1) is 29.8. The van der Waals surface area contributed by atoms with E-state index < -0.39 is 42.3 Å². The zero-order valence-electron chi connectivity index (χ0n) is 23.1. The molecule has 0 spiro atoms. The van der Waals surface area contributed by atoms with Gasteiger partial charge in [0.05, 0.1) is 0 Å². The van der Waals surface area contributed by atoms with Gasteiger partial charge in [0.25, 0.3) is 11.8 Å². The number of aliphatic hydroxyl groups excluding tert-OH is 3. The van der Waals surface area contributed by atoms with Gasteiger partial charge in [-0.1, -0.05) is 18.6 Å². The summed E-state index contributed by atoms with van der Waals surface area (Å²) in [6.45, 7) is 1.37. The average Bonchev–Trinajstić information content (AvgIpc) is 3.21. The van der Waals surface area contributed by atoms with Gasteiger partial charge in [-0.25, -0.2) is 4.79 Å². The molecule has 2 amide bonds.